The summed E-state index contributed by atoms with van der Waals surface area (Å²) in [5.41, 5.74) is 8.67. The number of hydrogen-bond acceptors (Lipinski definition) is 4. The fourth-order valence-corrected chi connectivity index (χ4v) is 0.176. The lowest BCUT2D eigenvalue weighted by Gasteiger charge is -1.59. The van der Waals surface area contributed by atoms with E-state index >= 15 is 0 Å². The van der Waals surface area contributed by atoms with Crippen molar-refractivity contribution in [1.82, 2.24) is 4.98 Å². The molecule has 0 aliphatic heterocycles. The van der Waals surface area contributed by atoms with Gasteiger partial charge in [-0.05, 0) is 0 Å². The van der Waals surface area contributed by atoms with Crippen LogP contribution in [0.25, 0.3) is 0 Å². The molecule has 0 saturated heterocycles. The zero-order valence-electron chi connectivity index (χ0n) is 6.45. The molecular weight excluding hydrogens is 214 g/mol. The van der Waals surface area contributed by atoms with Crippen LogP contribution in [0, 0.1) is 0 Å². The molecule has 0 saturated carbocycles. The third-order valence-electron chi connectivity index (χ3n) is 0.347. The molecule has 2 amide bonds. The van der Waals surface area contributed by atoms with Gasteiger partial charge in [-0.2, -0.15) is 0 Å². The number of carbonyl (C=O) groups is 2. The fraction of sp³-hybridized carbons (Fsp3) is 0. The Morgan fingerprint density at radius 3 is 1.69 bits per heavy atom. The number of nitrogens with zero attached hydrogens (tertiary/aromatic N) is 1. The minimum absolute atomic E-state index is 0.639. The molecule has 0 spiro atoms. The van der Waals surface area contributed by atoms with Crippen molar-refractivity contribution in [2.24, 2.45) is 11.5 Å². The minimum atomic E-state index is -0.639. The lowest BCUT2D eigenvalue weighted by atomic mass is 11.0. The highest BCUT2D eigenvalue weighted by Crippen LogP contribution is 1.72. The van der Waals surface area contributed by atoms with Crippen molar-refractivity contribution < 1.29 is 14.0 Å². The van der Waals surface area contributed by atoms with Crippen LogP contribution in [0.5, 0.6) is 0 Å². The number of carbonyl (C=O) groups excluding carboxylic acids is 2. The Balaban J connectivity index is 0. The summed E-state index contributed by atoms with van der Waals surface area (Å²) in [6, 6.07) is 0. The van der Waals surface area contributed by atoms with E-state index in [4.69, 9.17) is 9.59 Å². The second-order valence-electron chi connectivity index (χ2n) is 1.35. The molecular formula is C5H9N3O3S2. The molecule has 1 rings (SSSR count). The third kappa shape index (κ3) is 57.3. The predicted octanol–water partition coefficient (Wildman–Crippen LogP) is 0.664. The van der Waals surface area contributed by atoms with Gasteiger partial charge < -0.3 is 15.9 Å². The van der Waals surface area contributed by atoms with Crippen LogP contribution < -0.4 is 11.5 Å². The van der Waals surface area contributed by atoms with Crippen LogP contribution in [-0.4, -0.2) is 15.5 Å². The number of primary amides is 2. The quantitative estimate of drug-likeness (QED) is 0.484. The van der Waals surface area contributed by atoms with Crippen LogP contribution in [0.2, 0.25) is 0 Å². The first-order chi connectivity index (χ1) is 5.96. The molecule has 0 unspecified atom stereocenters. The van der Waals surface area contributed by atoms with E-state index in [1.165, 1.54) is 12.7 Å². The number of thiol groups is 2. The lowest BCUT2D eigenvalue weighted by Crippen LogP contribution is -1.95. The van der Waals surface area contributed by atoms with E-state index in [1.807, 2.05) is 0 Å². The molecule has 13 heavy (non-hydrogen) atoms. The summed E-state index contributed by atoms with van der Waals surface area (Å²) in [5, 5.41) is -1.28. The maximum Gasteiger partial charge on any atom is 0.273 e. The minimum Gasteiger partial charge on any atom is -0.452 e. The number of nitrogens with two attached hydrogens (primary N) is 2. The summed E-state index contributed by atoms with van der Waals surface area (Å²) in [6.45, 7) is 0. The Morgan fingerprint density at radius 2 is 1.62 bits per heavy atom. The van der Waals surface area contributed by atoms with Crippen LogP contribution in [0.3, 0.4) is 0 Å². The van der Waals surface area contributed by atoms with E-state index in [0.29, 0.717) is 0 Å². The standard InChI is InChI=1S/C3H3NO.2CH3NOS/c1-2-5-3-4-1;2*2-1(3)4/h1-3H;2*(H3,2,3,4). The topological polar surface area (TPSA) is 112 Å². The van der Waals surface area contributed by atoms with Crippen molar-refractivity contribution in [3.8, 4) is 0 Å². The Labute approximate surface area is 85.5 Å². The highest BCUT2D eigenvalue weighted by molar-refractivity contribution is 7.96. The van der Waals surface area contributed by atoms with Crippen LogP contribution >= 0.6 is 25.3 Å². The predicted molar refractivity (Wildman–Crippen MR) is 53.6 cm³/mol. The zero-order valence-corrected chi connectivity index (χ0v) is 8.24. The SMILES string of the molecule is NC(=O)S.NC(=O)S.c1cocn1. The number of hydrogen-bond donors (Lipinski definition) is 4. The average molecular weight is 223 g/mol. The van der Waals surface area contributed by atoms with Gasteiger partial charge in [0.05, 0.1) is 6.20 Å². The van der Waals surface area contributed by atoms with Gasteiger partial charge in [-0.15, -0.1) is 0 Å². The average Bonchev–Trinajstić information content (AvgIpc) is 2.35. The summed E-state index contributed by atoms with van der Waals surface area (Å²) in [7, 11) is 0. The van der Waals surface area contributed by atoms with Crippen molar-refractivity contribution in [2.45, 2.75) is 0 Å². The number of oxazole rings is 1. The normalized spacial score (nSPS) is 6.92. The van der Waals surface area contributed by atoms with Gasteiger partial charge in [-0.1, -0.05) is 25.3 Å². The molecule has 1 aromatic heterocycles. The van der Waals surface area contributed by atoms with E-state index in [0.717, 1.165) is 0 Å². The van der Waals surface area contributed by atoms with Gasteiger partial charge in [0.15, 0.2) is 6.39 Å². The number of amides is 2. The maximum atomic E-state index is 9.09. The lowest BCUT2D eigenvalue weighted by molar-refractivity contribution is 0.266. The molecule has 0 atom stereocenters. The first kappa shape index (κ1) is 14.4. The number of rotatable bonds is 0. The first-order valence-corrected chi connectivity index (χ1v) is 3.65. The Hall–Kier alpha value is -1.15. The van der Waals surface area contributed by atoms with Gasteiger partial charge in [0, 0.05) is 0 Å². The third-order valence-corrected chi connectivity index (χ3v) is 0.347. The first-order valence-electron chi connectivity index (χ1n) is 2.75. The van der Waals surface area contributed by atoms with Crippen molar-refractivity contribution in [2.75, 3.05) is 0 Å². The molecule has 1 aromatic rings. The van der Waals surface area contributed by atoms with Crippen molar-refractivity contribution in [3.63, 3.8) is 0 Å². The molecule has 1 heterocycles. The zero-order chi connectivity index (χ0) is 10.7. The highest BCUT2D eigenvalue weighted by atomic mass is 32.1. The van der Waals surface area contributed by atoms with Crippen molar-refractivity contribution in [3.05, 3.63) is 18.9 Å². The number of aromatic nitrogens is 1. The van der Waals surface area contributed by atoms with Gasteiger partial charge in [0.1, 0.15) is 6.26 Å². The second kappa shape index (κ2) is 10.8. The van der Waals surface area contributed by atoms with Crippen LogP contribution in [-0.2, 0) is 0 Å². The van der Waals surface area contributed by atoms with Crippen molar-refractivity contribution >= 4 is 35.7 Å². The van der Waals surface area contributed by atoms with Gasteiger partial charge in [0.2, 0.25) is 0 Å². The van der Waals surface area contributed by atoms with Crippen LogP contribution in [0.15, 0.2) is 23.3 Å². The molecule has 74 valence electrons. The van der Waals surface area contributed by atoms with E-state index in [2.05, 4.69) is 46.1 Å². The fourth-order valence-electron chi connectivity index (χ4n) is 0.176. The largest absolute Gasteiger partial charge is 0.452 e. The summed E-state index contributed by atoms with van der Waals surface area (Å²) in [5.74, 6) is 0. The van der Waals surface area contributed by atoms with Gasteiger partial charge in [0.25, 0.3) is 10.5 Å². The van der Waals surface area contributed by atoms with Crippen LogP contribution in [0.4, 0.5) is 9.59 Å². The van der Waals surface area contributed by atoms with E-state index in [9.17, 15) is 0 Å². The monoisotopic (exact) mass is 223 g/mol. The Morgan fingerprint density at radius 1 is 1.23 bits per heavy atom. The summed E-state index contributed by atoms with van der Waals surface area (Å²) >= 11 is 6.21. The Bertz CT molecular complexity index is 190. The molecule has 6 nitrogen and oxygen atoms in total. The molecule has 0 aromatic carbocycles. The van der Waals surface area contributed by atoms with Crippen LogP contribution in [0.1, 0.15) is 0 Å². The van der Waals surface area contributed by atoms with Gasteiger partial charge >= 0.3 is 0 Å². The molecule has 4 N–H and O–H groups in total. The highest BCUT2D eigenvalue weighted by Gasteiger charge is 1.63. The molecule has 0 aliphatic carbocycles. The maximum absolute atomic E-state index is 9.09. The molecule has 0 fully saturated rings. The molecule has 0 bridgehead atoms. The van der Waals surface area contributed by atoms with Crippen molar-refractivity contribution in [1.29, 1.82) is 0 Å². The van der Waals surface area contributed by atoms with E-state index in [-0.39, 0.29) is 0 Å². The smallest absolute Gasteiger partial charge is 0.273 e. The van der Waals surface area contributed by atoms with E-state index in [1.54, 1.807) is 6.20 Å². The summed E-state index contributed by atoms with van der Waals surface area (Å²) in [6.07, 6.45) is 4.47. The second-order valence-corrected chi connectivity index (χ2v) is 2.23. The van der Waals surface area contributed by atoms with E-state index < -0.39 is 10.5 Å². The van der Waals surface area contributed by atoms with Gasteiger partial charge in [-0.3, -0.25) is 9.59 Å². The Kier molecular flexibility index (Phi) is 12.0. The molecule has 0 radical (unpaired) electrons. The summed E-state index contributed by atoms with van der Waals surface area (Å²) < 4.78 is 4.47. The summed E-state index contributed by atoms with van der Waals surface area (Å²) in [4.78, 5) is 21.7. The molecule has 0 aliphatic rings. The van der Waals surface area contributed by atoms with Gasteiger partial charge in [-0.25, -0.2) is 4.98 Å². The molecule has 8 heteroatoms.